The highest BCUT2D eigenvalue weighted by molar-refractivity contribution is 7.13. The molecule has 0 aliphatic rings. The Bertz CT molecular complexity index is 1020. The van der Waals surface area contributed by atoms with Crippen LogP contribution < -0.4 is 10.2 Å². The van der Waals surface area contributed by atoms with Crippen LogP contribution in [0.25, 0.3) is 0 Å². The number of carbonyl (C=O) groups is 1. The lowest BCUT2D eigenvalue weighted by molar-refractivity contribution is -0.142. The van der Waals surface area contributed by atoms with E-state index in [9.17, 15) is 13.6 Å². The molecule has 1 N–H and O–H groups in total. The van der Waals surface area contributed by atoms with Gasteiger partial charge in [-0.05, 0) is 48.9 Å². The standard InChI is InChI=1S/C21H19F2N3O3S/c1-2-28-20(27)10-17-13-30-21(25-17)26-24-11-14-3-7-18(8-4-14)29-12-15-5-6-16(22)9-19(15)23/h3-9,11,13H,2,10,12H2,1H3,(H,25,26). The number of benzene rings is 2. The van der Waals surface area contributed by atoms with Crippen molar-refractivity contribution in [2.24, 2.45) is 5.10 Å². The van der Waals surface area contributed by atoms with Crippen molar-refractivity contribution < 1.29 is 23.0 Å². The topological polar surface area (TPSA) is 72.8 Å². The van der Waals surface area contributed by atoms with E-state index in [2.05, 4.69) is 15.5 Å². The van der Waals surface area contributed by atoms with Crippen LogP contribution in [0.15, 0.2) is 52.9 Å². The smallest absolute Gasteiger partial charge is 0.311 e. The number of thiazole rings is 1. The van der Waals surface area contributed by atoms with Crippen LogP contribution in [-0.4, -0.2) is 23.8 Å². The van der Waals surface area contributed by atoms with Gasteiger partial charge in [-0.15, -0.1) is 11.3 Å². The summed E-state index contributed by atoms with van der Waals surface area (Å²) in [4.78, 5) is 15.7. The number of nitrogens with one attached hydrogen (secondary N) is 1. The molecule has 0 bridgehead atoms. The molecule has 9 heteroatoms. The second-order valence-corrected chi connectivity index (χ2v) is 6.95. The number of ether oxygens (including phenoxy) is 2. The normalized spacial score (nSPS) is 10.9. The predicted octanol–water partition coefficient (Wildman–Crippen LogP) is 4.55. The van der Waals surface area contributed by atoms with Gasteiger partial charge in [0.2, 0.25) is 5.13 Å². The fraction of sp³-hybridized carbons (Fsp3) is 0.190. The molecule has 6 nitrogen and oxygen atoms in total. The van der Waals surface area contributed by atoms with Crippen LogP contribution in [0, 0.1) is 11.6 Å². The summed E-state index contributed by atoms with van der Waals surface area (Å²) >= 11 is 1.34. The first kappa shape index (κ1) is 21.4. The molecule has 3 aromatic rings. The average molecular weight is 431 g/mol. The first-order valence-corrected chi connectivity index (χ1v) is 9.97. The maximum Gasteiger partial charge on any atom is 0.311 e. The number of hydrogen-bond donors (Lipinski definition) is 1. The van der Waals surface area contributed by atoms with Crippen molar-refractivity contribution in [2.75, 3.05) is 12.0 Å². The summed E-state index contributed by atoms with van der Waals surface area (Å²) in [5, 5.41) is 6.45. The highest BCUT2D eigenvalue weighted by Crippen LogP contribution is 2.17. The Balaban J connectivity index is 1.49. The third kappa shape index (κ3) is 6.35. The van der Waals surface area contributed by atoms with Crippen LogP contribution in [0.3, 0.4) is 0 Å². The third-order valence-corrected chi connectivity index (χ3v) is 4.64. The van der Waals surface area contributed by atoms with Crippen LogP contribution in [0.5, 0.6) is 5.75 Å². The van der Waals surface area contributed by atoms with Gasteiger partial charge in [-0.1, -0.05) is 0 Å². The first-order valence-electron chi connectivity index (χ1n) is 9.09. The minimum absolute atomic E-state index is 0.000710. The molecule has 0 atom stereocenters. The molecular weight excluding hydrogens is 412 g/mol. The van der Waals surface area contributed by atoms with E-state index in [0.29, 0.717) is 23.2 Å². The van der Waals surface area contributed by atoms with Gasteiger partial charge in [-0.25, -0.2) is 13.8 Å². The SMILES string of the molecule is CCOC(=O)Cc1csc(NN=Cc2ccc(OCc3ccc(F)cc3F)cc2)n1. The lowest BCUT2D eigenvalue weighted by Crippen LogP contribution is -2.07. The van der Waals surface area contributed by atoms with Crippen LogP contribution in [0.2, 0.25) is 0 Å². The van der Waals surface area contributed by atoms with Gasteiger partial charge in [0, 0.05) is 17.0 Å². The van der Waals surface area contributed by atoms with E-state index in [0.717, 1.165) is 11.6 Å². The summed E-state index contributed by atoms with van der Waals surface area (Å²) in [5.41, 5.74) is 4.52. The number of carbonyl (C=O) groups excluding carboxylic acids is 1. The Hall–Kier alpha value is -3.33. The quantitative estimate of drug-likeness (QED) is 0.306. The van der Waals surface area contributed by atoms with Crippen molar-refractivity contribution in [2.45, 2.75) is 20.0 Å². The van der Waals surface area contributed by atoms with Crippen LogP contribution in [-0.2, 0) is 22.6 Å². The molecule has 0 spiro atoms. The summed E-state index contributed by atoms with van der Waals surface area (Å²) in [6.45, 7) is 2.09. The summed E-state index contributed by atoms with van der Waals surface area (Å²) in [6.07, 6.45) is 1.73. The van der Waals surface area contributed by atoms with E-state index < -0.39 is 11.6 Å². The summed E-state index contributed by atoms with van der Waals surface area (Å²) in [7, 11) is 0. The molecule has 0 aliphatic heterocycles. The van der Waals surface area contributed by atoms with Gasteiger partial charge >= 0.3 is 5.97 Å². The van der Waals surface area contributed by atoms with Crippen molar-refractivity contribution in [3.8, 4) is 5.75 Å². The minimum atomic E-state index is -0.641. The Morgan fingerprint density at radius 2 is 2.03 bits per heavy atom. The van der Waals surface area contributed by atoms with E-state index in [-0.39, 0.29) is 24.6 Å². The van der Waals surface area contributed by atoms with E-state index >= 15 is 0 Å². The van der Waals surface area contributed by atoms with Gasteiger partial charge in [0.05, 0.1) is 24.9 Å². The molecule has 0 unspecified atom stereocenters. The van der Waals surface area contributed by atoms with Gasteiger partial charge in [0.15, 0.2) is 0 Å². The maximum absolute atomic E-state index is 13.6. The minimum Gasteiger partial charge on any atom is -0.489 e. The molecule has 156 valence electrons. The van der Waals surface area contributed by atoms with Gasteiger partial charge in [0.1, 0.15) is 24.0 Å². The molecule has 30 heavy (non-hydrogen) atoms. The Labute approximate surface area is 176 Å². The number of halogens is 2. The molecule has 1 heterocycles. The van der Waals surface area contributed by atoms with Crippen LogP contribution in [0.1, 0.15) is 23.7 Å². The zero-order valence-corrected chi connectivity index (χ0v) is 16.9. The van der Waals surface area contributed by atoms with Gasteiger partial charge in [0.25, 0.3) is 0 Å². The second kappa shape index (κ2) is 10.4. The number of anilines is 1. The summed E-state index contributed by atoms with van der Waals surface area (Å²) in [5.74, 6) is -1.03. The van der Waals surface area contributed by atoms with Crippen molar-refractivity contribution in [3.05, 3.63) is 76.3 Å². The van der Waals surface area contributed by atoms with E-state index in [1.165, 1.54) is 23.5 Å². The highest BCUT2D eigenvalue weighted by Gasteiger charge is 2.08. The van der Waals surface area contributed by atoms with Gasteiger partial charge in [-0.2, -0.15) is 5.10 Å². The molecule has 2 aromatic carbocycles. The third-order valence-electron chi connectivity index (χ3n) is 3.85. The van der Waals surface area contributed by atoms with E-state index in [1.54, 1.807) is 42.8 Å². The molecule has 0 saturated carbocycles. The largest absolute Gasteiger partial charge is 0.489 e. The fourth-order valence-electron chi connectivity index (χ4n) is 2.41. The molecule has 0 radical (unpaired) electrons. The van der Waals surface area contributed by atoms with E-state index in [4.69, 9.17) is 9.47 Å². The van der Waals surface area contributed by atoms with Gasteiger partial charge < -0.3 is 9.47 Å². The van der Waals surface area contributed by atoms with E-state index in [1.807, 2.05) is 0 Å². The zero-order valence-electron chi connectivity index (χ0n) is 16.1. The molecule has 0 amide bonds. The average Bonchev–Trinajstić information content (AvgIpc) is 3.15. The molecule has 0 aliphatic carbocycles. The van der Waals surface area contributed by atoms with Crippen molar-refractivity contribution in [3.63, 3.8) is 0 Å². The molecule has 0 saturated heterocycles. The Morgan fingerprint density at radius 1 is 1.23 bits per heavy atom. The number of aromatic nitrogens is 1. The lowest BCUT2D eigenvalue weighted by Gasteiger charge is -2.07. The highest BCUT2D eigenvalue weighted by atomic mass is 32.1. The number of esters is 1. The van der Waals surface area contributed by atoms with Crippen molar-refractivity contribution >= 4 is 28.7 Å². The van der Waals surface area contributed by atoms with Crippen LogP contribution >= 0.6 is 11.3 Å². The number of rotatable bonds is 9. The van der Waals surface area contributed by atoms with Crippen LogP contribution in [0.4, 0.5) is 13.9 Å². The number of hydrogen-bond acceptors (Lipinski definition) is 7. The number of hydrazone groups is 1. The van der Waals surface area contributed by atoms with Crippen molar-refractivity contribution in [1.82, 2.24) is 4.98 Å². The fourth-order valence-corrected chi connectivity index (χ4v) is 3.07. The molecular formula is C21H19F2N3O3S. The first-order chi connectivity index (χ1) is 14.5. The number of nitrogens with zero attached hydrogens (tertiary/aromatic N) is 2. The van der Waals surface area contributed by atoms with Gasteiger partial charge in [-0.3, -0.25) is 10.2 Å². The molecule has 0 fully saturated rings. The maximum atomic E-state index is 13.6. The summed E-state index contributed by atoms with van der Waals surface area (Å²) < 4.78 is 37.0. The molecule has 3 rings (SSSR count). The zero-order chi connectivity index (χ0) is 21.3. The summed E-state index contributed by atoms with van der Waals surface area (Å²) in [6, 6.07) is 10.4. The second-order valence-electron chi connectivity index (χ2n) is 6.09. The molecule has 1 aromatic heterocycles. The lowest BCUT2D eigenvalue weighted by atomic mass is 10.2. The predicted molar refractivity (Wildman–Crippen MR) is 111 cm³/mol. The van der Waals surface area contributed by atoms with Crippen molar-refractivity contribution in [1.29, 1.82) is 0 Å². The monoisotopic (exact) mass is 431 g/mol. The Morgan fingerprint density at radius 3 is 2.77 bits per heavy atom. The Kier molecular flexibility index (Phi) is 7.45.